The van der Waals surface area contributed by atoms with Crippen LogP contribution in [0.25, 0.3) is 5.69 Å². The highest BCUT2D eigenvalue weighted by molar-refractivity contribution is 5.93. The van der Waals surface area contributed by atoms with E-state index in [2.05, 4.69) is 15.4 Å². The van der Waals surface area contributed by atoms with Crippen molar-refractivity contribution in [1.29, 1.82) is 0 Å². The van der Waals surface area contributed by atoms with E-state index in [4.69, 9.17) is 0 Å². The van der Waals surface area contributed by atoms with E-state index in [1.54, 1.807) is 42.2 Å². The fourth-order valence-corrected chi connectivity index (χ4v) is 2.24. The summed E-state index contributed by atoms with van der Waals surface area (Å²) in [6, 6.07) is 8.12. The van der Waals surface area contributed by atoms with E-state index in [1.165, 1.54) is 12.3 Å². The third kappa shape index (κ3) is 3.29. The zero-order valence-electron chi connectivity index (χ0n) is 12.8. The van der Waals surface area contributed by atoms with Gasteiger partial charge in [-0.15, -0.1) is 0 Å². The molecule has 1 aromatic carbocycles. The van der Waals surface area contributed by atoms with Crippen LogP contribution >= 0.6 is 0 Å². The topological polar surface area (TPSA) is 59.8 Å². The van der Waals surface area contributed by atoms with Crippen molar-refractivity contribution in [1.82, 2.24) is 20.1 Å². The first kappa shape index (κ1) is 15.8. The fraction of sp³-hybridized carbons (Fsp3) is 0.118. The zero-order chi connectivity index (χ0) is 17.1. The molecule has 1 N–H and O–H groups in total. The molecular weight excluding hydrogens is 314 g/mol. The Morgan fingerprint density at radius 3 is 2.71 bits per heavy atom. The predicted molar refractivity (Wildman–Crippen MR) is 83.6 cm³/mol. The molecule has 122 valence electrons. The van der Waals surface area contributed by atoms with E-state index in [-0.39, 0.29) is 5.69 Å². The van der Waals surface area contributed by atoms with Crippen LogP contribution < -0.4 is 5.32 Å². The van der Waals surface area contributed by atoms with Crippen LogP contribution in [-0.2, 0) is 0 Å². The molecule has 1 amide bonds. The largest absolute Gasteiger partial charge is 0.344 e. The fourth-order valence-electron chi connectivity index (χ4n) is 2.24. The highest BCUT2D eigenvalue weighted by atomic mass is 19.2. The molecule has 0 saturated carbocycles. The normalized spacial score (nSPS) is 12.0. The molecule has 0 saturated heterocycles. The minimum absolute atomic E-state index is 0.206. The highest BCUT2D eigenvalue weighted by Crippen LogP contribution is 2.16. The SMILES string of the molecule is C[C@H](NC(=O)c1cc(-n2cccn2)ccn1)c1ccc(F)c(F)c1. The number of benzene rings is 1. The van der Waals surface area contributed by atoms with E-state index in [0.717, 1.165) is 12.1 Å². The first-order valence-corrected chi connectivity index (χ1v) is 7.26. The molecule has 0 unspecified atom stereocenters. The monoisotopic (exact) mass is 328 g/mol. The Labute approximate surface area is 137 Å². The van der Waals surface area contributed by atoms with Crippen LogP contribution in [0.1, 0.15) is 29.0 Å². The summed E-state index contributed by atoms with van der Waals surface area (Å²) in [6.45, 7) is 1.68. The lowest BCUT2D eigenvalue weighted by Gasteiger charge is -2.14. The van der Waals surface area contributed by atoms with Gasteiger partial charge in [-0.3, -0.25) is 9.78 Å². The number of carbonyl (C=O) groups is 1. The Hall–Kier alpha value is -3.09. The Morgan fingerprint density at radius 2 is 2.00 bits per heavy atom. The summed E-state index contributed by atoms with van der Waals surface area (Å²) < 4.78 is 27.9. The molecule has 2 heterocycles. The molecule has 3 rings (SSSR count). The smallest absolute Gasteiger partial charge is 0.270 e. The molecule has 5 nitrogen and oxygen atoms in total. The average Bonchev–Trinajstić information content (AvgIpc) is 3.12. The number of aromatic nitrogens is 3. The van der Waals surface area contributed by atoms with Gasteiger partial charge >= 0.3 is 0 Å². The summed E-state index contributed by atoms with van der Waals surface area (Å²) >= 11 is 0. The van der Waals surface area contributed by atoms with E-state index in [9.17, 15) is 13.6 Å². The standard InChI is InChI=1S/C17H14F2N4O/c1-11(12-3-4-14(18)15(19)9-12)22-17(24)16-10-13(5-7-20-16)23-8-2-6-21-23/h2-11H,1H3,(H,22,24)/t11-/m0/s1. The maximum absolute atomic E-state index is 13.3. The highest BCUT2D eigenvalue weighted by Gasteiger charge is 2.15. The van der Waals surface area contributed by atoms with Crippen LogP contribution in [0.4, 0.5) is 8.78 Å². The van der Waals surface area contributed by atoms with Crippen molar-refractivity contribution in [2.45, 2.75) is 13.0 Å². The van der Waals surface area contributed by atoms with E-state index in [0.29, 0.717) is 11.3 Å². The Morgan fingerprint density at radius 1 is 1.17 bits per heavy atom. The zero-order valence-corrected chi connectivity index (χ0v) is 12.8. The molecule has 24 heavy (non-hydrogen) atoms. The number of amides is 1. The van der Waals surface area contributed by atoms with Gasteiger partial charge in [0.2, 0.25) is 0 Å². The second-order valence-corrected chi connectivity index (χ2v) is 5.22. The average molecular weight is 328 g/mol. The maximum Gasteiger partial charge on any atom is 0.270 e. The second-order valence-electron chi connectivity index (χ2n) is 5.22. The number of nitrogens with zero attached hydrogens (tertiary/aromatic N) is 3. The van der Waals surface area contributed by atoms with Gasteiger partial charge in [0.1, 0.15) is 5.69 Å². The van der Waals surface area contributed by atoms with Crippen molar-refractivity contribution in [2.24, 2.45) is 0 Å². The Bertz CT molecular complexity index is 865. The molecule has 2 aromatic heterocycles. The molecule has 0 bridgehead atoms. The number of carbonyl (C=O) groups excluding carboxylic acids is 1. The number of hydrogen-bond acceptors (Lipinski definition) is 3. The van der Waals surface area contributed by atoms with Gasteiger partial charge in [0, 0.05) is 18.6 Å². The summed E-state index contributed by atoms with van der Waals surface area (Å²) in [7, 11) is 0. The van der Waals surface area contributed by atoms with Gasteiger partial charge in [0.25, 0.3) is 5.91 Å². The van der Waals surface area contributed by atoms with Crippen molar-refractivity contribution >= 4 is 5.91 Å². The van der Waals surface area contributed by atoms with Gasteiger partial charge in [-0.1, -0.05) is 6.07 Å². The maximum atomic E-state index is 13.3. The number of halogens is 2. The van der Waals surface area contributed by atoms with Gasteiger partial charge < -0.3 is 5.32 Å². The molecule has 1 atom stereocenters. The molecule has 0 aliphatic rings. The van der Waals surface area contributed by atoms with Crippen molar-refractivity contribution in [3.8, 4) is 5.69 Å². The molecule has 0 aliphatic carbocycles. The van der Waals surface area contributed by atoms with Crippen molar-refractivity contribution in [2.75, 3.05) is 0 Å². The Balaban J connectivity index is 1.77. The summed E-state index contributed by atoms with van der Waals surface area (Å²) in [5.74, 6) is -2.29. The summed E-state index contributed by atoms with van der Waals surface area (Å²) in [4.78, 5) is 16.4. The van der Waals surface area contributed by atoms with Gasteiger partial charge in [0.15, 0.2) is 11.6 Å². The minimum Gasteiger partial charge on any atom is -0.344 e. The molecule has 0 radical (unpaired) electrons. The summed E-state index contributed by atoms with van der Waals surface area (Å²) in [5.41, 5.74) is 1.36. The predicted octanol–water partition coefficient (Wildman–Crippen LogP) is 3.04. The van der Waals surface area contributed by atoms with Crippen molar-refractivity contribution in [3.05, 3.63) is 77.9 Å². The van der Waals surface area contributed by atoms with E-state index < -0.39 is 23.6 Å². The van der Waals surface area contributed by atoms with Crippen LogP contribution in [0.3, 0.4) is 0 Å². The molecule has 0 spiro atoms. The van der Waals surface area contributed by atoms with Gasteiger partial charge in [-0.05, 0) is 42.8 Å². The van der Waals surface area contributed by atoms with Gasteiger partial charge in [0.05, 0.1) is 11.7 Å². The number of hydrogen-bond donors (Lipinski definition) is 1. The third-order valence-electron chi connectivity index (χ3n) is 3.54. The Kier molecular flexibility index (Phi) is 4.33. The summed E-state index contributed by atoms with van der Waals surface area (Å²) in [5, 5.41) is 6.80. The van der Waals surface area contributed by atoms with Crippen molar-refractivity contribution in [3.63, 3.8) is 0 Å². The van der Waals surface area contributed by atoms with E-state index >= 15 is 0 Å². The molecule has 7 heteroatoms. The van der Waals surface area contributed by atoms with Crippen molar-refractivity contribution < 1.29 is 13.6 Å². The lowest BCUT2D eigenvalue weighted by atomic mass is 10.1. The second kappa shape index (κ2) is 6.57. The minimum atomic E-state index is -0.951. The third-order valence-corrected chi connectivity index (χ3v) is 3.54. The van der Waals surface area contributed by atoms with Gasteiger partial charge in [-0.2, -0.15) is 5.10 Å². The first-order chi connectivity index (χ1) is 11.5. The van der Waals surface area contributed by atoms with Crippen LogP contribution in [0.5, 0.6) is 0 Å². The van der Waals surface area contributed by atoms with E-state index in [1.807, 2.05) is 0 Å². The van der Waals surface area contributed by atoms with Gasteiger partial charge in [-0.25, -0.2) is 13.5 Å². The molecule has 0 aliphatic heterocycles. The number of rotatable bonds is 4. The van der Waals surface area contributed by atoms with Crippen LogP contribution in [0, 0.1) is 11.6 Å². The van der Waals surface area contributed by atoms with Crippen LogP contribution in [0.2, 0.25) is 0 Å². The molecule has 0 fully saturated rings. The van der Waals surface area contributed by atoms with Crippen LogP contribution in [0.15, 0.2) is 55.0 Å². The molecular formula is C17H14F2N4O. The first-order valence-electron chi connectivity index (χ1n) is 7.26. The summed E-state index contributed by atoms with van der Waals surface area (Å²) in [6.07, 6.45) is 4.89. The number of nitrogens with one attached hydrogen (secondary N) is 1. The lowest BCUT2D eigenvalue weighted by molar-refractivity contribution is 0.0934. The number of pyridine rings is 1. The lowest BCUT2D eigenvalue weighted by Crippen LogP contribution is -2.27. The molecule has 3 aromatic rings. The quantitative estimate of drug-likeness (QED) is 0.801. The van der Waals surface area contributed by atoms with Crippen LogP contribution in [-0.4, -0.2) is 20.7 Å².